The molecule has 0 aliphatic carbocycles. The average molecular weight is 278 g/mol. The molecule has 4 heteroatoms. The van der Waals surface area contributed by atoms with E-state index in [0.29, 0.717) is 29.5 Å². The molecule has 0 atom stereocenters. The fourth-order valence-electron chi connectivity index (χ4n) is 2.24. The zero-order valence-electron chi connectivity index (χ0n) is 13.0. The number of nitrogen functional groups attached to an aromatic ring is 1. The van der Waals surface area contributed by atoms with Gasteiger partial charge in [0.05, 0.1) is 12.8 Å². The first kappa shape index (κ1) is 16.3. The molecule has 1 amide bonds. The highest BCUT2D eigenvalue weighted by Crippen LogP contribution is 2.23. The van der Waals surface area contributed by atoms with Gasteiger partial charge in [0.1, 0.15) is 5.75 Å². The van der Waals surface area contributed by atoms with Gasteiger partial charge in [-0.2, -0.15) is 0 Å². The van der Waals surface area contributed by atoms with Gasteiger partial charge in [-0.3, -0.25) is 4.79 Å². The SMILES string of the molecule is CCC(CC)CN(CC)C(=O)c1ccc(N)c(OC)c1. The maximum absolute atomic E-state index is 12.6. The Morgan fingerprint density at radius 2 is 1.95 bits per heavy atom. The van der Waals surface area contributed by atoms with Crippen molar-refractivity contribution in [2.24, 2.45) is 5.92 Å². The van der Waals surface area contributed by atoms with Crippen molar-refractivity contribution in [3.05, 3.63) is 23.8 Å². The standard InChI is InChI=1S/C16H26N2O2/c1-5-12(6-2)11-18(7-3)16(19)13-8-9-14(17)15(10-13)20-4/h8-10,12H,5-7,11,17H2,1-4H3. The number of carbonyl (C=O) groups excluding carboxylic acids is 1. The number of carbonyl (C=O) groups is 1. The zero-order valence-corrected chi connectivity index (χ0v) is 13.0. The zero-order chi connectivity index (χ0) is 15.1. The fraction of sp³-hybridized carbons (Fsp3) is 0.562. The van der Waals surface area contributed by atoms with Crippen LogP contribution in [0.3, 0.4) is 0 Å². The normalized spacial score (nSPS) is 10.7. The smallest absolute Gasteiger partial charge is 0.253 e. The van der Waals surface area contributed by atoms with Crippen molar-refractivity contribution in [1.29, 1.82) is 0 Å². The molecule has 1 aromatic rings. The van der Waals surface area contributed by atoms with Gasteiger partial charge in [-0.25, -0.2) is 0 Å². The summed E-state index contributed by atoms with van der Waals surface area (Å²) in [6.45, 7) is 7.85. The number of hydrogen-bond donors (Lipinski definition) is 1. The van der Waals surface area contributed by atoms with Crippen molar-refractivity contribution in [3.63, 3.8) is 0 Å². The Kier molecular flexibility index (Phi) is 6.36. The summed E-state index contributed by atoms with van der Waals surface area (Å²) in [6, 6.07) is 5.19. The second kappa shape index (κ2) is 7.78. The molecule has 1 rings (SSSR count). The summed E-state index contributed by atoms with van der Waals surface area (Å²) in [5, 5.41) is 0. The lowest BCUT2D eigenvalue weighted by Crippen LogP contribution is -2.35. The number of hydrogen-bond acceptors (Lipinski definition) is 3. The molecule has 0 heterocycles. The molecule has 0 fully saturated rings. The van der Waals surface area contributed by atoms with Crippen LogP contribution in [0.5, 0.6) is 5.75 Å². The maximum atomic E-state index is 12.6. The van der Waals surface area contributed by atoms with E-state index in [1.54, 1.807) is 25.3 Å². The summed E-state index contributed by atoms with van der Waals surface area (Å²) < 4.78 is 5.18. The number of nitrogens with zero attached hydrogens (tertiary/aromatic N) is 1. The van der Waals surface area contributed by atoms with E-state index < -0.39 is 0 Å². The molecule has 0 unspecified atom stereocenters. The van der Waals surface area contributed by atoms with Crippen LogP contribution in [-0.2, 0) is 0 Å². The van der Waals surface area contributed by atoms with Gasteiger partial charge in [-0.1, -0.05) is 26.7 Å². The lowest BCUT2D eigenvalue weighted by atomic mass is 10.0. The highest BCUT2D eigenvalue weighted by Gasteiger charge is 2.18. The highest BCUT2D eigenvalue weighted by atomic mass is 16.5. The third kappa shape index (κ3) is 3.89. The molecule has 112 valence electrons. The summed E-state index contributed by atoms with van der Waals surface area (Å²) in [5.74, 6) is 1.14. The van der Waals surface area contributed by atoms with E-state index in [1.807, 2.05) is 11.8 Å². The second-order valence-corrected chi connectivity index (χ2v) is 4.98. The highest BCUT2D eigenvalue weighted by molar-refractivity contribution is 5.95. The summed E-state index contributed by atoms with van der Waals surface area (Å²) in [6.07, 6.45) is 2.18. The van der Waals surface area contributed by atoms with Crippen LogP contribution >= 0.6 is 0 Å². The van der Waals surface area contributed by atoms with Crippen LogP contribution in [0.15, 0.2) is 18.2 Å². The van der Waals surface area contributed by atoms with Crippen LogP contribution in [0, 0.1) is 5.92 Å². The summed E-state index contributed by atoms with van der Waals surface area (Å²) in [5.41, 5.74) is 6.96. The van der Waals surface area contributed by atoms with Crippen molar-refractivity contribution in [2.45, 2.75) is 33.6 Å². The third-order valence-electron chi connectivity index (χ3n) is 3.78. The molecule has 0 saturated heterocycles. The minimum absolute atomic E-state index is 0.0395. The lowest BCUT2D eigenvalue weighted by molar-refractivity contribution is 0.0734. The van der Waals surface area contributed by atoms with Crippen LogP contribution in [-0.4, -0.2) is 31.0 Å². The van der Waals surface area contributed by atoms with E-state index >= 15 is 0 Å². The Balaban J connectivity index is 2.90. The van der Waals surface area contributed by atoms with Gasteiger partial charge in [0.25, 0.3) is 5.91 Å². The Morgan fingerprint density at radius 3 is 2.45 bits per heavy atom. The number of benzene rings is 1. The predicted octanol–water partition coefficient (Wildman–Crippen LogP) is 3.18. The average Bonchev–Trinajstić information content (AvgIpc) is 2.48. The number of nitrogens with two attached hydrogens (primary N) is 1. The first-order chi connectivity index (χ1) is 9.57. The van der Waals surface area contributed by atoms with Gasteiger partial charge in [-0.05, 0) is 31.0 Å². The second-order valence-electron chi connectivity index (χ2n) is 4.98. The molecule has 2 N–H and O–H groups in total. The van der Waals surface area contributed by atoms with Gasteiger partial charge in [0, 0.05) is 18.7 Å². The van der Waals surface area contributed by atoms with Crippen LogP contribution in [0.1, 0.15) is 44.0 Å². The van der Waals surface area contributed by atoms with Gasteiger partial charge < -0.3 is 15.4 Å². The van der Waals surface area contributed by atoms with Gasteiger partial charge in [0.2, 0.25) is 0 Å². The van der Waals surface area contributed by atoms with Crippen molar-refractivity contribution >= 4 is 11.6 Å². The molecule has 0 bridgehead atoms. The van der Waals surface area contributed by atoms with Crippen molar-refractivity contribution in [3.8, 4) is 5.75 Å². The first-order valence-electron chi connectivity index (χ1n) is 7.30. The van der Waals surface area contributed by atoms with Crippen LogP contribution in [0.25, 0.3) is 0 Å². The lowest BCUT2D eigenvalue weighted by Gasteiger charge is -2.25. The minimum atomic E-state index is 0.0395. The van der Waals surface area contributed by atoms with Crippen LogP contribution < -0.4 is 10.5 Å². The molecule has 20 heavy (non-hydrogen) atoms. The Hall–Kier alpha value is -1.71. The van der Waals surface area contributed by atoms with E-state index in [1.165, 1.54) is 0 Å². The van der Waals surface area contributed by atoms with Crippen LogP contribution in [0.2, 0.25) is 0 Å². The van der Waals surface area contributed by atoms with Crippen molar-refractivity contribution < 1.29 is 9.53 Å². The van der Waals surface area contributed by atoms with E-state index in [9.17, 15) is 4.79 Å². The van der Waals surface area contributed by atoms with Crippen molar-refractivity contribution in [1.82, 2.24) is 4.90 Å². The van der Waals surface area contributed by atoms with Crippen molar-refractivity contribution in [2.75, 3.05) is 25.9 Å². The van der Waals surface area contributed by atoms with Crippen LogP contribution in [0.4, 0.5) is 5.69 Å². The van der Waals surface area contributed by atoms with Gasteiger partial charge in [-0.15, -0.1) is 0 Å². The minimum Gasteiger partial charge on any atom is -0.495 e. The number of methoxy groups -OCH3 is 1. The molecule has 0 aliphatic heterocycles. The molecule has 0 saturated carbocycles. The van der Waals surface area contributed by atoms with Gasteiger partial charge >= 0.3 is 0 Å². The van der Waals surface area contributed by atoms with E-state index in [-0.39, 0.29) is 5.91 Å². The van der Waals surface area contributed by atoms with E-state index in [0.717, 1.165) is 19.4 Å². The topological polar surface area (TPSA) is 55.6 Å². The molecule has 0 aliphatic rings. The molecular weight excluding hydrogens is 252 g/mol. The van der Waals surface area contributed by atoms with E-state index in [2.05, 4.69) is 13.8 Å². The Labute approximate surface area is 121 Å². The van der Waals surface area contributed by atoms with E-state index in [4.69, 9.17) is 10.5 Å². The quantitative estimate of drug-likeness (QED) is 0.779. The predicted molar refractivity (Wildman–Crippen MR) is 83.1 cm³/mol. The Morgan fingerprint density at radius 1 is 1.30 bits per heavy atom. The largest absolute Gasteiger partial charge is 0.495 e. The number of anilines is 1. The molecule has 0 radical (unpaired) electrons. The molecule has 0 spiro atoms. The fourth-order valence-corrected chi connectivity index (χ4v) is 2.24. The molecule has 4 nitrogen and oxygen atoms in total. The summed E-state index contributed by atoms with van der Waals surface area (Å²) in [7, 11) is 1.56. The maximum Gasteiger partial charge on any atom is 0.253 e. The number of rotatable bonds is 7. The molecular formula is C16H26N2O2. The van der Waals surface area contributed by atoms with Gasteiger partial charge in [0.15, 0.2) is 0 Å². The summed E-state index contributed by atoms with van der Waals surface area (Å²) >= 11 is 0. The summed E-state index contributed by atoms with van der Waals surface area (Å²) in [4.78, 5) is 14.4. The molecule has 0 aromatic heterocycles. The number of amides is 1. The molecule has 1 aromatic carbocycles. The third-order valence-corrected chi connectivity index (χ3v) is 3.78. The number of ether oxygens (including phenoxy) is 1. The first-order valence-corrected chi connectivity index (χ1v) is 7.30. The monoisotopic (exact) mass is 278 g/mol. The Bertz CT molecular complexity index is 442.